The fourth-order valence-electron chi connectivity index (χ4n) is 0.923. The van der Waals surface area contributed by atoms with E-state index in [1.54, 1.807) is 6.07 Å². The highest BCUT2D eigenvalue weighted by atomic mass is 79.9. The molecule has 0 bridgehead atoms. The van der Waals surface area contributed by atoms with Gasteiger partial charge < -0.3 is 0 Å². The molecule has 0 nitrogen and oxygen atoms in total. The first-order valence-corrected chi connectivity index (χ1v) is 5.73. The smallest absolute Gasteiger partial charge is 0.124 e. The molecular weight excluding hydrogens is 299 g/mol. The summed E-state index contributed by atoms with van der Waals surface area (Å²) in [7, 11) is 0. The zero-order valence-electron chi connectivity index (χ0n) is 7.15. The predicted molar refractivity (Wildman–Crippen MR) is 61.5 cm³/mol. The third-order valence-corrected chi connectivity index (χ3v) is 3.15. The molecule has 3 heteroatoms. The van der Waals surface area contributed by atoms with Crippen molar-refractivity contribution in [3.05, 3.63) is 39.6 Å². The Bertz CT molecular complexity index is 332. The summed E-state index contributed by atoms with van der Waals surface area (Å²) >= 11 is 6.66. The minimum absolute atomic E-state index is 0.222. The molecule has 0 amide bonds. The molecule has 0 aromatic heterocycles. The van der Waals surface area contributed by atoms with Crippen molar-refractivity contribution in [3.8, 4) is 0 Å². The van der Waals surface area contributed by atoms with Crippen LogP contribution in [0.1, 0.15) is 12.5 Å². The van der Waals surface area contributed by atoms with E-state index in [9.17, 15) is 4.39 Å². The quantitative estimate of drug-likeness (QED) is 0.711. The van der Waals surface area contributed by atoms with E-state index in [0.717, 1.165) is 15.4 Å². The molecule has 0 aliphatic rings. The van der Waals surface area contributed by atoms with Crippen LogP contribution < -0.4 is 0 Å². The lowest BCUT2D eigenvalue weighted by atomic mass is 10.1. The highest BCUT2D eigenvalue weighted by Gasteiger charge is 1.98. The summed E-state index contributed by atoms with van der Waals surface area (Å²) in [5, 5.41) is 0.830. The molecule has 0 fully saturated rings. The van der Waals surface area contributed by atoms with Gasteiger partial charge in [-0.15, -0.1) is 0 Å². The van der Waals surface area contributed by atoms with Gasteiger partial charge >= 0.3 is 0 Å². The number of halogens is 3. The van der Waals surface area contributed by atoms with Crippen molar-refractivity contribution in [3.63, 3.8) is 0 Å². The van der Waals surface area contributed by atoms with Crippen molar-refractivity contribution < 1.29 is 4.39 Å². The van der Waals surface area contributed by atoms with Gasteiger partial charge in [-0.2, -0.15) is 0 Å². The van der Waals surface area contributed by atoms with Gasteiger partial charge in [-0.25, -0.2) is 4.39 Å². The Balaban J connectivity index is 3.03. The lowest BCUT2D eigenvalue weighted by Crippen LogP contribution is -1.81. The van der Waals surface area contributed by atoms with E-state index < -0.39 is 0 Å². The van der Waals surface area contributed by atoms with E-state index in [1.165, 1.54) is 17.7 Å². The van der Waals surface area contributed by atoms with Gasteiger partial charge in [0, 0.05) is 9.80 Å². The number of hydrogen-bond acceptors (Lipinski definition) is 0. The van der Waals surface area contributed by atoms with Gasteiger partial charge in [0.25, 0.3) is 0 Å². The van der Waals surface area contributed by atoms with Gasteiger partial charge in [0.05, 0.1) is 0 Å². The second-order valence-corrected chi connectivity index (χ2v) is 4.21. The van der Waals surface area contributed by atoms with Crippen molar-refractivity contribution in [2.45, 2.75) is 6.92 Å². The van der Waals surface area contributed by atoms with Crippen LogP contribution >= 0.6 is 31.9 Å². The Morgan fingerprint density at radius 1 is 1.54 bits per heavy atom. The summed E-state index contributed by atoms with van der Waals surface area (Å²) in [6.45, 7) is 2.02. The van der Waals surface area contributed by atoms with Gasteiger partial charge in [-0.1, -0.05) is 49.6 Å². The first-order chi connectivity index (χ1) is 6.13. The molecule has 0 heterocycles. The molecule has 0 spiro atoms. The van der Waals surface area contributed by atoms with Crippen molar-refractivity contribution in [2.75, 3.05) is 5.33 Å². The average molecular weight is 308 g/mol. The Hall–Kier alpha value is -0.150. The van der Waals surface area contributed by atoms with Gasteiger partial charge in [0.15, 0.2) is 0 Å². The zero-order valence-corrected chi connectivity index (χ0v) is 10.3. The molecular formula is C10H9Br2F. The van der Waals surface area contributed by atoms with Crippen LogP contribution in [0.25, 0.3) is 6.08 Å². The fourth-order valence-corrected chi connectivity index (χ4v) is 1.55. The second kappa shape index (κ2) is 4.91. The summed E-state index contributed by atoms with van der Waals surface area (Å²) in [5.41, 5.74) is 2.20. The molecule has 0 N–H and O–H groups in total. The summed E-state index contributed by atoms with van der Waals surface area (Å²) in [4.78, 5) is 0. The highest BCUT2D eigenvalue weighted by molar-refractivity contribution is 9.10. The lowest BCUT2D eigenvalue weighted by Gasteiger charge is -2.00. The van der Waals surface area contributed by atoms with Crippen molar-refractivity contribution in [2.24, 2.45) is 0 Å². The molecule has 0 aliphatic carbocycles. The van der Waals surface area contributed by atoms with Crippen molar-refractivity contribution in [1.82, 2.24) is 0 Å². The van der Waals surface area contributed by atoms with Crippen LogP contribution in [0.4, 0.5) is 4.39 Å². The Kier molecular flexibility index (Phi) is 4.13. The molecule has 0 atom stereocenters. The van der Waals surface area contributed by atoms with E-state index in [-0.39, 0.29) is 5.82 Å². The Morgan fingerprint density at radius 2 is 2.23 bits per heavy atom. The standard InChI is InChI=1S/C10H9Br2F/c1-7(6-11)4-8-2-3-9(13)5-10(8)12/h2-5H,6H2,1H3/b7-4-. The van der Waals surface area contributed by atoms with Gasteiger partial charge in [-0.3, -0.25) is 0 Å². The maximum Gasteiger partial charge on any atom is 0.124 e. The predicted octanol–water partition coefficient (Wildman–Crippen LogP) is 4.39. The van der Waals surface area contributed by atoms with Gasteiger partial charge in [0.1, 0.15) is 5.82 Å². The molecule has 1 rings (SSSR count). The first-order valence-electron chi connectivity index (χ1n) is 3.81. The molecule has 0 radical (unpaired) electrons. The highest BCUT2D eigenvalue weighted by Crippen LogP contribution is 2.20. The number of allylic oxidation sites excluding steroid dienone is 1. The van der Waals surface area contributed by atoms with Crippen LogP contribution in [0.15, 0.2) is 28.2 Å². The van der Waals surface area contributed by atoms with E-state index in [2.05, 4.69) is 31.9 Å². The Labute approximate surface area is 94.1 Å². The third kappa shape index (κ3) is 3.24. The van der Waals surface area contributed by atoms with Crippen LogP contribution in [-0.4, -0.2) is 5.33 Å². The average Bonchev–Trinajstić information content (AvgIpc) is 2.09. The number of benzene rings is 1. The van der Waals surface area contributed by atoms with Gasteiger partial charge in [0.2, 0.25) is 0 Å². The largest absolute Gasteiger partial charge is 0.207 e. The van der Waals surface area contributed by atoms with Crippen LogP contribution in [0, 0.1) is 5.82 Å². The monoisotopic (exact) mass is 306 g/mol. The summed E-state index contributed by atoms with van der Waals surface area (Å²) in [6, 6.07) is 4.68. The van der Waals surface area contributed by atoms with E-state index in [4.69, 9.17) is 0 Å². The molecule has 0 saturated heterocycles. The number of rotatable bonds is 2. The zero-order chi connectivity index (χ0) is 9.84. The maximum atomic E-state index is 12.7. The maximum absolute atomic E-state index is 12.7. The van der Waals surface area contributed by atoms with Gasteiger partial charge in [-0.05, 0) is 24.6 Å². The van der Waals surface area contributed by atoms with E-state index in [1.807, 2.05) is 13.0 Å². The normalized spacial score (nSPS) is 11.8. The van der Waals surface area contributed by atoms with Crippen LogP contribution in [-0.2, 0) is 0 Å². The van der Waals surface area contributed by atoms with Crippen LogP contribution in [0.2, 0.25) is 0 Å². The van der Waals surface area contributed by atoms with Crippen LogP contribution in [0.3, 0.4) is 0 Å². The fraction of sp³-hybridized carbons (Fsp3) is 0.200. The third-order valence-electron chi connectivity index (χ3n) is 1.58. The lowest BCUT2D eigenvalue weighted by molar-refractivity contribution is 0.627. The molecule has 0 unspecified atom stereocenters. The molecule has 1 aromatic carbocycles. The SMILES string of the molecule is C/C(=C/c1ccc(F)cc1Br)CBr. The number of hydrogen-bond donors (Lipinski definition) is 0. The second-order valence-electron chi connectivity index (χ2n) is 2.79. The summed E-state index contributed by atoms with van der Waals surface area (Å²) in [5.74, 6) is -0.222. The molecule has 13 heavy (non-hydrogen) atoms. The minimum Gasteiger partial charge on any atom is -0.207 e. The first kappa shape index (κ1) is 10.9. The summed E-state index contributed by atoms with van der Waals surface area (Å²) < 4.78 is 13.5. The molecule has 0 aliphatic heterocycles. The van der Waals surface area contributed by atoms with Crippen molar-refractivity contribution >= 4 is 37.9 Å². The summed E-state index contributed by atoms with van der Waals surface area (Å²) in [6.07, 6.45) is 2.01. The topological polar surface area (TPSA) is 0 Å². The van der Waals surface area contributed by atoms with Crippen molar-refractivity contribution in [1.29, 1.82) is 0 Å². The van der Waals surface area contributed by atoms with E-state index >= 15 is 0 Å². The molecule has 70 valence electrons. The Morgan fingerprint density at radius 3 is 2.77 bits per heavy atom. The van der Waals surface area contributed by atoms with Crippen LogP contribution in [0.5, 0.6) is 0 Å². The van der Waals surface area contributed by atoms with E-state index in [0.29, 0.717) is 0 Å². The number of alkyl halides is 1. The minimum atomic E-state index is -0.222. The molecule has 1 aromatic rings. The molecule has 0 saturated carbocycles.